The molecule has 0 bridgehead atoms. The van der Waals surface area contributed by atoms with Gasteiger partial charge < -0.3 is 24.4 Å². The van der Waals surface area contributed by atoms with Gasteiger partial charge in [0, 0.05) is 0 Å². The van der Waals surface area contributed by atoms with Crippen LogP contribution in [0.15, 0.2) is 0 Å². The molecule has 0 fully saturated rings. The van der Waals surface area contributed by atoms with Gasteiger partial charge in [-0.2, -0.15) is 0 Å². The molecule has 0 aliphatic heterocycles. The van der Waals surface area contributed by atoms with Crippen LogP contribution in [-0.2, 0) is 14.2 Å². The molecule has 0 rings (SSSR count). The molecule has 0 saturated carbocycles. The molecule has 0 radical (unpaired) electrons. The normalized spacial score (nSPS) is 9.86. The second kappa shape index (κ2) is 16.0. The molecule has 0 heterocycles. The Morgan fingerprint density at radius 1 is 0.571 bits per heavy atom. The summed E-state index contributed by atoms with van der Waals surface area (Å²) >= 11 is 0. The molecule has 5 nitrogen and oxygen atoms in total. The second-order valence-corrected chi connectivity index (χ2v) is 2.28. The number of rotatable bonds is 10. The topological polar surface area (TPSA) is 68.2 Å². The Morgan fingerprint density at radius 2 is 0.857 bits per heavy atom. The molecule has 0 aromatic heterocycles. The van der Waals surface area contributed by atoms with E-state index in [2.05, 4.69) is 0 Å². The van der Waals surface area contributed by atoms with Crippen molar-refractivity contribution >= 4 is 23.7 Å². The van der Waals surface area contributed by atoms with Crippen molar-refractivity contribution in [1.82, 2.24) is 0 Å². The van der Waals surface area contributed by atoms with Gasteiger partial charge in [0.1, 0.15) is 0 Å². The van der Waals surface area contributed by atoms with Crippen molar-refractivity contribution in [2.24, 2.45) is 0 Å². The van der Waals surface area contributed by atoms with Crippen LogP contribution >= 0.6 is 0 Å². The molecule has 0 spiro atoms. The number of ether oxygens (including phenoxy) is 3. The molecule has 0 atom stereocenters. The van der Waals surface area contributed by atoms with E-state index >= 15 is 0 Å². The van der Waals surface area contributed by atoms with E-state index in [1.807, 2.05) is 0 Å². The van der Waals surface area contributed by atoms with Crippen LogP contribution in [0.2, 0.25) is 0 Å². The molecule has 6 heteroatoms. The Balaban J connectivity index is 0. The molecule has 0 aliphatic carbocycles. The SMILES string of the molecule is OCCOCCOCCOCCO.[TeH2]. The quantitative estimate of drug-likeness (QED) is 0.363. The minimum atomic E-state index is 0. The van der Waals surface area contributed by atoms with Gasteiger partial charge in [0.15, 0.2) is 0 Å². The molecule has 0 amide bonds. The Bertz CT molecular complexity index is 83.8. The summed E-state index contributed by atoms with van der Waals surface area (Å²) in [7, 11) is 0. The summed E-state index contributed by atoms with van der Waals surface area (Å²) in [5.74, 6) is 0. The van der Waals surface area contributed by atoms with Gasteiger partial charge in [0.2, 0.25) is 0 Å². The Labute approximate surface area is 101 Å². The van der Waals surface area contributed by atoms with E-state index < -0.39 is 0 Å². The summed E-state index contributed by atoms with van der Waals surface area (Å²) in [6.07, 6.45) is 0. The van der Waals surface area contributed by atoms with E-state index in [0.29, 0.717) is 39.6 Å². The number of aliphatic hydroxyl groups is 2. The fraction of sp³-hybridized carbons (Fsp3) is 1.00. The third kappa shape index (κ3) is 15.1. The van der Waals surface area contributed by atoms with Gasteiger partial charge in [-0.25, -0.2) is 0 Å². The predicted molar refractivity (Wildman–Crippen MR) is 55.2 cm³/mol. The maximum atomic E-state index is 8.36. The number of aliphatic hydroxyl groups excluding tert-OH is 2. The summed E-state index contributed by atoms with van der Waals surface area (Å²) in [4.78, 5) is 0. The third-order valence-corrected chi connectivity index (χ3v) is 1.22. The molecular weight excluding hydrogens is 304 g/mol. The summed E-state index contributed by atoms with van der Waals surface area (Å²) in [5.41, 5.74) is 0. The third-order valence-electron chi connectivity index (χ3n) is 1.22. The summed E-state index contributed by atoms with van der Waals surface area (Å²) in [6.45, 7) is 2.76. The second-order valence-electron chi connectivity index (χ2n) is 2.28. The van der Waals surface area contributed by atoms with Gasteiger partial charge >= 0.3 is 23.7 Å². The van der Waals surface area contributed by atoms with Gasteiger partial charge in [-0.1, -0.05) is 0 Å². The molecule has 0 aromatic rings. The van der Waals surface area contributed by atoms with Crippen LogP contribution in [-0.4, -0.2) is 86.7 Å². The van der Waals surface area contributed by atoms with Crippen molar-refractivity contribution in [3.05, 3.63) is 0 Å². The molecule has 2 N–H and O–H groups in total. The predicted octanol–water partition coefficient (Wildman–Crippen LogP) is -1.90. The Morgan fingerprint density at radius 3 is 1.14 bits per heavy atom. The van der Waals surface area contributed by atoms with Crippen molar-refractivity contribution in [3.63, 3.8) is 0 Å². The van der Waals surface area contributed by atoms with Crippen molar-refractivity contribution in [2.45, 2.75) is 0 Å². The van der Waals surface area contributed by atoms with Gasteiger partial charge in [0.05, 0.1) is 52.9 Å². The van der Waals surface area contributed by atoms with Crippen LogP contribution in [0, 0.1) is 0 Å². The molecule has 0 aromatic carbocycles. The van der Waals surface area contributed by atoms with E-state index in [1.54, 1.807) is 0 Å². The number of hydrogen-bond acceptors (Lipinski definition) is 5. The zero-order valence-corrected chi connectivity index (χ0v) is 11.1. The van der Waals surface area contributed by atoms with E-state index in [1.165, 1.54) is 0 Å². The first-order valence-electron chi connectivity index (χ1n) is 4.36. The standard InChI is InChI=1S/C8H18O5.H2Te/c9-1-3-11-5-7-13-8-6-12-4-2-10;/h9-10H,1-8H2;1H2. The van der Waals surface area contributed by atoms with E-state index in [-0.39, 0.29) is 36.9 Å². The molecule has 0 aliphatic rings. The molecular formula is C8H20O5Te. The zero-order valence-electron chi connectivity index (χ0n) is 8.28. The maximum absolute atomic E-state index is 8.36. The monoisotopic (exact) mass is 326 g/mol. The van der Waals surface area contributed by atoms with E-state index in [4.69, 9.17) is 24.4 Å². The summed E-state index contributed by atoms with van der Waals surface area (Å²) < 4.78 is 15.0. The van der Waals surface area contributed by atoms with Crippen molar-refractivity contribution in [1.29, 1.82) is 0 Å². The van der Waals surface area contributed by atoms with Crippen LogP contribution < -0.4 is 0 Å². The zero-order chi connectivity index (χ0) is 9.78. The van der Waals surface area contributed by atoms with Gasteiger partial charge in [-0.3, -0.25) is 0 Å². The van der Waals surface area contributed by atoms with Gasteiger partial charge in [-0.05, 0) is 0 Å². The fourth-order valence-electron chi connectivity index (χ4n) is 0.671. The van der Waals surface area contributed by atoms with Crippen LogP contribution in [0.4, 0.5) is 0 Å². The van der Waals surface area contributed by atoms with E-state index in [0.717, 1.165) is 0 Å². The minimum absolute atomic E-state index is 0. The molecule has 0 unspecified atom stereocenters. The average Bonchev–Trinajstić information content (AvgIpc) is 2.16. The fourth-order valence-corrected chi connectivity index (χ4v) is 0.671. The van der Waals surface area contributed by atoms with Gasteiger partial charge in [-0.15, -0.1) is 0 Å². The van der Waals surface area contributed by atoms with Crippen molar-refractivity contribution < 1.29 is 24.4 Å². The molecule has 0 saturated heterocycles. The van der Waals surface area contributed by atoms with Crippen molar-refractivity contribution in [2.75, 3.05) is 52.9 Å². The Kier molecular flexibility index (Phi) is 19.5. The molecule has 14 heavy (non-hydrogen) atoms. The van der Waals surface area contributed by atoms with Crippen LogP contribution in [0.5, 0.6) is 0 Å². The van der Waals surface area contributed by atoms with Crippen LogP contribution in [0.3, 0.4) is 0 Å². The van der Waals surface area contributed by atoms with E-state index in [9.17, 15) is 0 Å². The average molecular weight is 324 g/mol. The molecule has 88 valence electrons. The van der Waals surface area contributed by atoms with Crippen LogP contribution in [0.1, 0.15) is 0 Å². The summed E-state index contributed by atoms with van der Waals surface area (Å²) in [6, 6.07) is 0. The van der Waals surface area contributed by atoms with Gasteiger partial charge in [0.25, 0.3) is 0 Å². The first-order valence-corrected chi connectivity index (χ1v) is 4.36. The van der Waals surface area contributed by atoms with Crippen molar-refractivity contribution in [3.8, 4) is 0 Å². The van der Waals surface area contributed by atoms with Crippen LogP contribution in [0.25, 0.3) is 0 Å². The Hall–Kier alpha value is 0.590. The first-order chi connectivity index (χ1) is 6.41. The number of hydrogen-bond donors (Lipinski definition) is 2. The first kappa shape index (κ1) is 17.0. The summed E-state index contributed by atoms with van der Waals surface area (Å²) in [5, 5.41) is 16.7.